The Morgan fingerprint density at radius 3 is 2.09 bits per heavy atom. The Morgan fingerprint density at radius 2 is 1.47 bits per heavy atom. The van der Waals surface area contributed by atoms with Crippen molar-refractivity contribution in [1.82, 2.24) is 4.90 Å². The van der Waals surface area contributed by atoms with Gasteiger partial charge in [0.2, 0.25) is 0 Å². The smallest absolute Gasteiger partial charge is 0.165 e. The zero-order valence-electron chi connectivity index (χ0n) is 29.0. The van der Waals surface area contributed by atoms with Gasteiger partial charge in [-0.3, -0.25) is 9.59 Å². The molecule has 1 heterocycles. The number of carbonyl (C=O) groups is 2. The van der Waals surface area contributed by atoms with Crippen molar-refractivity contribution in [3.8, 4) is 11.5 Å². The van der Waals surface area contributed by atoms with Crippen LogP contribution in [0, 0.1) is 10.8 Å². The Hall–Kier alpha value is -4.12. The van der Waals surface area contributed by atoms with Crippen LogP contribution < -0.4 is 9.47 Å². The summed E-state index contributed by atoms with van der Waals surface area (Å²) >= 11 is 0. The van der Waals surface area contributed by atoms with Gasteiger partial charge in [-0.1, -0.05) is 89.2 Å². The molecule has 1 aliphatic heterocycles. The Bertz CT molecular complexity index is 1750. The van der Waals surface area contributed by atoms with Gasteiger partial charge in [0, 0.05) is 53.4 Å². The summed E-state index contributed by atoms with van der Waals surface area (Å²) in [5, 5.41) is 2.33. The molecule has 0 radical (unpaired) electrons. The predicted molar refractivity (Wildman–Crippen MR) is 190 cm³/mol. The lowest BCUT2D eigenvalue weighted by Gasteiger charge is -2.49. The summed E-state index contributed by atoms with van der Waals surface area (Å²) < 4.78 is 12.9. The highest BCUT2D eigenvalue weighted by atomic mass is 16.5. The molecule has 5 nitrogen and oxygen atoms in total. The standard InChI is InChI=1S/C42H49NO4/c1-8-14-28-20-30(21-36(46-10-3)40(28)47-26-29-17-13-16-27-15-11-12-18-31(27)29)37-38-32(22-41(4,5)24-34(38)44)43(19-9-2)33-23-42(6,7)25-35(45)39(33)37/h8,11-13,15-18,20-21,37H,1,9-10,14,19,22-26H2,2-7H3. The van der Waals surface area contributed by atoms with E-state index >= 15 is 0 Å². The summed E-state index contributed by atoms with van der Waals surface area (Å²) in [6, 6.07) is 18.8. The molecule has 47 heavy (non-hydrogen) atoms. The third kappa shape index (κ3) is 6.29. The van der Waals surface area contributed by atoms with Crippen molar-refractivity contribution in [2.24, 2.45) is 10.8 Å². The number of carbonyl (C=O) groups excluding carboxylic acids is 2. The zero-order chi connectivity index (χ0) is 33.5. The lowest BCUT2D eigenvalue weighted by Crippen LogP contribution is -2.44. The summed E-state index contributed by atoms with van der Waals surface area (Å²) in [6.45, 7) is 18.6. The number of ketones is 2. The number of allylic oxidation sites excluding steroid dienone is 5. The summed E-state index contributed by atoms with van der Waals surface area (Å²) in [6.07, 6.45) is 5.92. The maximum atomic E-state index is 14.3. The van der Waals surface area contributed by atoms with E-state index in [0.29, 0.717) is 44.0 Å². The first-order valence-electron chi connectivity index (χ1n) is 17.3. The number of benzene rings is 3. The highest BCUT2D eigenvalue weighted by Crippen LogP contribution is 2.55. The van der Waals surface area contributed by atoms with Gasteiger partial charge in [0.05, 0.1) is 6.61 Å². The summed E-state index contributed by atoms with van der Waals surface area (Å²) in [4.78, 5) is 30.9. The van der Waals surface area contributed by atoms with E-state index in [0.717, 1.165) is 70.4 Å². The molecule has 0 saturated carbocycles. The van der Waals surface area contributed by atoms with E-state index in [4.69, 9.17) is 9.47 Å². The predicted octanol–water partition coefficient (Wildman–Crippen LogP) is 9.64. The molecule has 0 aromatic heterocycles. The highest BCUT2D eigenvalue weighted by Gasteiger charge is 2.49. The van der Waals surface area contributed by atoms with E-state index in [2.05, 4.69) is 88.6 Å². The van der Waals surface area contributed by atoms with Gasteiger partial charge in [0.15, 0.2) is 23.1 Å². The SMILES string of the molecule is C=CCc1cc(C2C3=C(CC(C)(C)CC3=O)N(CCC)C3=C2C(=O)CC(C)(C)C3)cc(OCC)c1OCc1cccc2ccccc12. The second kappa shape index (κ2) is 12.8. The minimum atomic E-state index is -0.435. The maximum Gasteiger partial charge on any atom is 0.165 e. The third-order valence-corrected chi connectivity index (χ3v) is 9.87. The van der Waals surface area contributed by atoms with Gasteiger partial charge in [-0.25, -0.2) is 0 Å². The van der Waals surface area contributed by atoms with E-state index in [1.54, 1.807) is 0 Å². The lowest BCUT2D eigenvalue weighted by molar-refractivity contribution is -0.119. The molecule has 3 aromatic rings. The number of Topliss-reactive ketones (excluding diaryl/α,β-unsaturated/α-hetero) is 2. The van der Waals surface area contributed by atoms with Crippen molar-refractivity contribution >= 4 is 22.3 Å². The molecule has 3 aromatic carbocycles. The quantitative estimate of drug-likeness (QED) is 0.209. The van der Waals surface area contributed by atoms with Crippen molar-refractivity contribution in [1.29, 1.82) is 0 Å². The van der Waals surface area contributed by atoms with Crippen LogP contribution in [-0.4, -0.2) is 29.6 Å². The van der Waals surface area contributed by atoms with Crippen LogP contribution in [0.25, 0.3) is 10.8 Å². The van der Waals surface area contributed by atoms with Crippen LogP contribution in [0.15, 0.2) is 89.8 Å². The Balaban J connectivity index is 1.52. The van der Waals surface area contributed by atoms with Crippen molar-refractivity contribution in [3.63, 3.8) is 0 Å². The molecular weight excluding hydrogens is 582 g/mol. The van der Waals surface area contributed by atoms with Crippen LogP contribution in [0.5, 0.6) is 11.5 Å². The number of fused-ring (bicyclic) bond motifs is 1. The van der Waals surface area contributed by atoms with Crippen LogP contribution in [0.4, 0.5) is 0 Å². The first kappa shape index (κ1) is 32.8. The van der Waals surface area contributed by atoms with Crippen LogP contribution in [0.3, 0.4) is 0 Å². The van der Waals surface area contributed by atoms with Gasteiger partial charge in [-0.15, -0.1) is 6.58 Å². The van der Waals surface area contributed by atoms with Gasteiger partial charge < -0.3 is 14.4 Å². The van der Waals surface area contributed by atoms with Crippen molar-refractivity contribution in [3.05, 3.63) is 106 Å². The van der Waals surface area contributed by atoms with E-state index in [-0.39, 0.29) is 22.4 Å². The number of hydrogen-bond acceptors (Lipinski definition) is 5. The molecule has 0 saturated heterocycles. The largest absolute Gasteiger partial charge is 0.490 e. The van der Waals surface area contributed by atoms with Crippen LogP contribution in [0.1, 0.15) is 96.3 Å². The van der Waals surface area contributed by atoms with Crippen LogP contribution in [0.2, 0.25) is 0 Å². The molecule has 0 atom stereocenters. The average Bonchev–Trinajstić information content (AvgIpc) is 3.00. The monoisotopic (exact) mass is 631 g/mol. The first-order valence-corrected chi connectivity index (χ1v) is 17.3. The normalized spacial score (nSPS) is 19.1. The Morgan fingerprint density at radius 1 is 0.830 bits per heavy atom. The Kier molecular flexibility index (Phi) is 8.95. The highest BCUT2D eigenvalue weighted by molar-refractivity contribution is 6.07. The molecule has 0 amide bonds. The Labute approximate surface area is 280 Å². The molecule has 2 aliphatic carbocycles. The van der Waals surface area contributed by atoms with Crippen LogP contribution in [-0.2, 0) is 22.6 Å². The second-order valence-electron chi connectivity index (χ2n) is 15.0. The van der Waals surface area contributed by atoms with Crippen molar-refractivity contribution in [2.45, 2.75) is 92.6 Å². The van der Waals surface area contributed by atoms with Gasteiger partial charge in [0.1, 0.15) is 6.61 Å². The van der Waals surface area contributed by atoms with E-state index in [1.807, 2.05) is 25.1 Å². The van der Waals surface area contributed by atoms with Gasteiger partial charge in [0.25, 0.3) is 0 Å². The van der Waals surface area contributed by atoms with Crippen molar-refractivity contribution < 1.29 is 19.1 Å². The van der Waals surface area contributed by atoms with E-state index in [9.17, 15) is 9.59 Å². The summed E-state index contributed by atoms with van der Waals surface area (Å²) in [7, 11) is 0. The first-order chi connectivity index (χ1) is 22.5. The van der Waals surface area contributed by atoms with Crippen LogP contribution >= 0.6 is 0 Å². The maximum absolute atomic E-state index is 14.3. The van der Waals surface area contributed by atoms with Crippen molar-refractivity contribution in [2.75, 3.05) is 13.2 Å². The summed E-state index contributed by atoms with van der Waals surface area (Å²) in [5.41, 5.74) is 6.43. The molecule has 0 fully saturated rings. The molecule has 0 unspecified atom stereocenters. The fourth-order valence-corrected chi connectivity index (χ4v) is 8.03. The number of rotatable bonds is 10. The minimum absolute atomic E-state index is 0.144. The fourth-order valence-electron chi connectivity index (χ4n) is 8.03. The second-order valence-corrected chi connectivity index (χ2v) is 15.0. The minimum Gasteiger partial charge on any atom is -0.490 e. The number of nitrogens with zero attached hydrogens (tertiary/aromatic N) is 1. The molecule has 0 spiro atoms. The molecule has 0 bridgehead atoms. The topological polar surface area (TPSA) is 55.8 Å². The molecule has 3 aliphatic rings. The zero-order valence-corrected chi connectivity index (χ0v) is 29.0. The number of hydrogen-bond donors (Lipinski definition) is 0. The average molecular weight is 632 g/mol. The molecule has 246 valence electrons. The molecule has 5 heteroatoms. The lowest BCUT2D eigenvalue weighted by atomic mass is 9.63. The van der Waals surface area contributed by atoms with E-state index < -0.39 is 5.92 Å². The van der Waals surface area contributed by atoms with E-state index in [1.165, 1.54) is 5.39 Å². The molecule has 0 N–H and O–H groups in total. The third-order valence-electron chi connectivity index (χ3n) is 9.87. The number of ether oxygens (including phenoxy) is 2. The molecular formula is C42H49NO4. The fraction of sp³-hybridized carbons (Fsp3) is 0.429. The van der Waals surface area contributed by atoms with Gasteiger partial charge in [-0.05, 0) is 71.4 Å². The van der Waals surface area contributed by atoms with Gasteiger partial charge in [-0.2, -0.15) is 0 Å². The van der Waals surface area contributed by atoms with Gasteiger partial charge >= 0.3 is 0 Å². The summed E-state index contributed by atoms with van der Waals surface area (Å²) in [5.74, 6) is 1.17. The molecule has 6 rings (SSSR count).